The molecule has 1 fully saturated rings. The van der Waals surface area contributed by atoms with E-state index in [9.17, 15) is 9.90 Å². The molecule has 1 aliphatic carbocycles. The lowest BCUT2D eigenvalue weighted by Gasteiger charge is -2.51. The van der Waals surface area contributed by atoms with Gasteiger partial charge in [0.1, 0.15) is 0 Å². The quantitative estimate of drug-likeness (QED) is 0.644. The average molecular weight is 356 g/mol. The van der Waals surface area contributed by atoms with Gasteiger partial charge < -0.3 is 14.9 Å². The van der Waals surface area contributed by atoms with E-state index in [-0.39, 0.29) is 12.5 Å². The highest BCUT2D eigenvalue weighted by Gasteiger charge is 2.55. The van der Waals surface area contributed by atoms with Gasteiger partial charge in [0.25, 0.3) is 0 Å². The minimum absolute atomic E-state index is 0.0883. The van der Waals surface area contributed by atoms with Gasteiger partial charge in [0.2, 0.25) is 0 Å². The van der Waals surface area contributed by atoms with E-state index in [1.54, 1.807) is 30.3 Å². The Bertz CT molecular complexity index is 724. The minimum Gasteiger partial charge on any atom is -0.441 e. The molecule has 4 nitrogen and oxygen atoms in total. The van der Waals surface area contributed by atoms with Crippen molar-refractivity contribution in [1.29, 1.82) is 0 Å². The van der Waals surface area contributed by atoms with Gasteiger partial charge in [-0.2, -0.15) is 0 Å². The molecule has 0 unspecified atom stereocenters. The maximum atomic E-state index is 12.8. The van der Waals surface area contributed by atoms with Crippen LogP contribution in [0.2, 0.25) is 0 Å². The fourth-order valence-corrected chi connectivity index (χ4v) is 3.78. The van der Waals surface area contributed by atoms with Gasteiger partial charge in [0.15, 0.2) is 5.60 Å². The second-order valence-electron chi connectivity index (χ2n) is 7.69. The van der Waals surface area contributed by atoms with E-state index in [1.807, 2.05) is 33.8 Å². The number of esters is 1. The highest BCUT2D eigenvalue weighted by atomic mass is 16.6. The first-order valence-electron chi connectivity index (χ1n) is 8.99. The summed E-state index contributed by atoms with van der Waals surface area (Å²) in [5.41, 5.74) is -0.354. The Morgan fingerprint density at radius 2 is 2.00 bits per heavy atom. The second kappa shape index (κ2) is 8.07. The van der Waals surface area contributed by atoms with Crippen molar-refractivity contribution in [2.75, 3.05) is 6.61 Å². The SMILES string of the molecule is C/C(C#C[C@@]1(OC(=O)c2ccccc2)[C@H](C)C[C@@H](O)CC1(C)C)=C\CO. The Morgan fingerprint density at radius 3 is 2.58 bits per heavy atom. The van der Waals surface area contributed by atoms with Gasteiger partial charge in [-0.3, -0.25) is 0 Å². The first-order chi connectivity index (χ1) is 12.2. The maximum absolute atomic E-state index is 12.8. The largest absolute Gasteiger partial charge is 0.441 e. The first kappa shape index (κ1) is 20.2. The van der Waals surface area contributed by atoms with Crippen LogP contribution < -0.4 is 0 Å². The molecule has 0 aliphatic heterocycles. The van der Waals surface area contributed by atoms with Crippen molar-refractivity contribution < 1.29 is 19.7 Å². The normalized spacial score (nSPS) is 28.0. The van der Waals surface area contributed by atoms with Crippen molar-refractivity contribution in [3.63, 3.8) is 0 Å². The molecule has 0 heterocycles. The molecule has 1 saturated carbocycles. The van der Waals surface area contributed by atoms with E-state index in [4.69, 9.17) is 9.84 Å². The zero-order valence-electron chi connectivity index (χ0n) is 16.0. The number of hydrogen-bond acceptors (Lipinski definition) is 4. The fourth-order valence-electron chi connectivity index (χ4n) is 3.78. The summed E-state index contributed by atoms with van der Waals surface area (Å²) < 4.78 is 6.06. The molecule has 1 aromatic rings. The number of aliphatic hydroxyl groups excluding tert-OH is 2. The van der Waals surface area contributed by atoms with E-state index in [0.717, 1.165) is 5.57 Å². The van der Waals surface area contributed by atoms with Gasteiger partial charge in [-0.25, -0.2) is 4.79 Å². The molecule has 4 heteroatoms. The molecule has 0 amide bonds. The summed E-state index contributed by atoms with van der Waals surface area (Å²) in [6, 6.07) is 8.87. The van der Waals surface area contributed by atoms with Crippen LogP contribution in [0.15, 0.2) is 42.0 Å². The van der Waals surface area contributed by atoms with Crippen molar-refractivity contribution in [3.8, 4) is 11.8 Å². The average Bonchev–Trinajstić information content (AvgIpc) is 2.57. The van der Waals surface area contributed by atoms with Gasteiger partial charge in [-0.05, 0) is 49.5 Å². The van der Waals surface area contributed by atoms with Crippen molar-refractivity contribution in [1.82, 2.24) is 0 Å². The number of ether oxygens (including phenoxy) is 1. The van der Waals surface area contributed by atoms with Gasteiger partial charge >= 0.3 is 5.97 Å². The molecular formula is C22H28O4. The molecular weight excluding hydrogens is 328 g/mol. The topological polar surface area (TPSA) is 66.8 Å². The summed E-state index contributed by atoms with van der Waals surface area (Å²) in [5.74, 6) is 5.69. The minimum atomic E-state index is -1.02. The molecule has 26 heavy (non-hydrogen) atoms. The summed E-state index contributed by atoms with van der Waals surface area (Å²) in [7, 11) is 0. The van der Waals surface area contributed by atoms with Gasteiger partial charge in [-0.1, -0.05) is 44.9 Å². The number of rotatable bonds is 3. The third kappa shape index (κ3) is 4.17. The van der Waals surface area contributed by atoms with Gasteiger partial charge in [0.05, 0.1) is 18.3 Å². The van der Waals surface area contributed by atoms with Crippen molar-refractivity contribution >= 4 is 5.97 Å². The summed E-state index contributed by atoms with van der Waals surface area (Å²) in [6.45, 7) is 7.64. The van der Waals surface area contributed by atoms with Crippen LogP contribution in [0.25, 0.3) is 0 Å². The third-order valence-corrected chi connectivity index (χ3v) is 5.18. The molecule has 0 spiro atoms. The monoisotopic (exact) mass is 356 g/mol. The maximum Gasteiger partial charge on any atom is 0.339 e. The Morgan fingerprint density at radius 1 is 1.35 bits per heavy atom. The number of benzene rings is 1. The zero-order chi connectivity index (χ0) is 19.4. The molecule has 0 radical (unpaired) electrons. The van der Waals surface area contributed by atoms with Crippen molar-refractivity contribution in [2.24, 2.45) is 11.3 Å². The zero-order valence-corrected chi connectivity index (χ0v) is 16.0. The van der Waals surface area contributed by atoms with Gasteiger partial charge in [-0.15, -0.1) is 0 Å². The van der Waals surface area contributed by atoms with Crippen LogP contribution in [0.1, 0.15) is 50.9 Å². The van der Waals surface area contributed by atoms with Gasteiger partial charge in [0, 0.05) is 11.3 Å². The highest BCUT2D eigenvalue weighted by molar-refractivity contribution is 5.90. The van der Waals surface area contributed by atoms with Crippen LogP contribution in [0.3, 0.4) is 0 Å². The summed E-state index contributed by atoms with van der Waals surface area (Å²) in [4.78, 5) is 12.8. The van der Waals surface area contributed by atoms with E-state index in [0.29, 0.717) is 18.4 Å². The van der Waals surface area contributed by atoms with Crippen LogP contribution >= 0.6 is 0 Å². The third-order valence-electron chi connectivity index (χ3n) is 5.18. The summed E-state index contributed by atoms with van der Waals surface area (Å²) >= 11 is 0. The van der Waals surface area contributed by atoms with E-state index >= 15 is 0 Å². The second-order valence-corrected chi connectivity index (χ2v) is 7.69. The molecule has 1 aromatic carbocycles. The molecule has 3 atom stereocenters. The van der Waals surface area contributed by atoms with Crippen molar-refractivity contribution in [3.05, 3.63) is 47.5 Å². The number of hydrogen-bond donors (Lipinski definition) is 2. The van der Waals surface area contributed by atoms with Crippen LogP contribution in [0, 0.1) is 23.2 Å². The van der Waals surface area contributed by atoms with Crippen molar-refractivity contribution in [2.45, 2.75) is 52.2 Å². The fraction of sp³-hybridized carbons (Fsp3) is 0.500. The number of allylic oxidation sites excluding steroid dienone is 1. The Balaban J connectivity index is 2.48. The predicted molar refractivity (Wildman–Crippen MR) is 101 cm³/mol. The number of carbonyl (C=O) groups is 1. The lowest BCUT2D eigenvalue weighted by molar-refractivity contribution is -0.128. The number of carbonyl (C=O) groups excluding carboxylic acids is 1. The smallest absolute Gasteiger partial charge is 0.339 e. The molecule has 1 aliphatic rings. The van der Waals surface area contributed by atoms with Crippen LogP contribution in [-0.4, -0.2) is 34.5 Å². The summed E-state index contributed by atoms with van der Waals surface area (Å²) in [5, 5.41) is 19.3. The standard InChI is InChI=1S/C22H28O4/c1-16(11-13-23)10-12-22(17(2)14-19(24)15-21(22,3)4)26-20(25)18-8-6-5-7-9-18/h5-9,11,17,19,23-24H,13-15H2,1-4H3/b16-11+/t17-,19-,22-/m1/s1. The molecule has 140 valence electrons. The molecule has 0 bridgehead atoms. The van der Waals surface area contributed by atoms with Crippen LogP contribution in [-0.2, 0) is 4.74 Å². The van der Waals surface area contributed by atoms with E-state index in [1.165, 1.54) is 0 Å². The molecule has 2 N–H and O–H groups in total. The Kier molecular flexibility index (Phi) is 6.28. The molecule has 2 rings (SSSR count). The molecule has 0 saturated heterocycles. The number of aliphatic hydroxyl groups is 2. The van der Waals surface area contributed by atoms with Crippen LogP contribution in [0.5, 0.6) is 0 Å². The van der Waals surface area contributed by atoms with Crippen LogP contribution in [0.4, 0.5) is 0 Å². The Hall–Kier alpha value is -2.09. The highest BCUT2D eigenvalue weighted by Crippen LogP contribution is 2.49. The lowest BCUT2D eigenvalue weighted by Crippen LogP contribution is -2.57. The Labute approximate surface area is 155 Å². The summed E-state index contributed by atoms with van der Waals surface area (Å²) in [6.07, 6.45) is 2.19. The first-order valence-corrected chi connectivity index (χ1v) is 8.99. The van der Waals surface area contributed by atoms with E-state index in [2.05, 4.69) is 11.8 Å². The molecule has 0 aromatic heterocycles. The van der Waals surface area contributed by atoms with E-state index < -0.39 is 23.1 Å². The lowest BCUT2D eigenvalue weighted by atomic mass is 9.60. The predicted octanol–water partition coefficient (Wildman–Crippen LogP) is 3.34.